The Morgan fingerprint density at radius 2 is 1.50 bits per heavy atom. The number of carbonyl (C=O) groups excluding carboxylic acids is 1. The maximum absolute atomic E-state index is 12.7. The molecule has 1 N–H and O–H groups in total. The number of methoxy groups -OCH3 is 5. The number of hydrogen-bond donors (Lipinski definition) is 1. The number of aromatic hydroxyl groups is 1. The normalized spacial score (nSPS) is 10.3. The first-order valence-electron chi connectivity index (χ1n) is 8.44. The van der Waals surface area contributed by atoms with E-state index >= 15 is 0 Å². The van der Waals surface area contributed by atoms with Crippen LogP contribution in [0.2, 0.25) is 0 Å². The van der Waals surface area contributed by atoms with Gasteiger partial charge in [-0.2, -0.15) is 0 Å². The number of rotatable bonds is 9. The Morgan fingerprint density at radius 1 is 0.893 bits per heavy atom. The molecule has 1 amide bonds. The molecule has 0 spiro atoms. The minimum atomic E-state index is -0.271. The molecule has 2 rings (SSSR count). The molecule has 0 bridgehead atoms. The minimum absolute atomic E-state index is 0.0102. The summed E-state index contributed by atoms with van der Waals surface area (Å²) in [6.07, 6.45) is 0. The Kier molecular flexibility index (Phi) is 7.34. The average Bonchev–Trinajstić information content (AvgIpc) is 2.71. The quantitative estimate of drug-likeness (QED) is 0.703. The summed E-state index contributed by atoms with van der Waals surface area (Å²) in [4.78, 5) is 14.2. The fourth-order valence-corrected chi connectivity index (χ4v) is 2.76. The van der Waals surface area contributed by atoms with Gasteiger partial charge in [0.15, 0.2) is 23.0 Å². The molecule has 2 aromatic rings. The third-order valence-electron chi connectivity index (χ3n) is 4.11. The summed E-state index contributed by atoms with van der Waals surface area (Å²) >= 11 is 0. The molecule has 28 heavy (non-hydrogen) atoms. The number of benzene rings is 2. The van der Waals surface area contributed by atoms with Crippen LogP contribution in [0.1, 0.15) is 5.56 Å². The second kappa shape index (κ2) is 9.70. The molecular weight excluding hydrogens is 366 g/mol. The van der Waals surface area contributed by atoms with Crippen molar-refractivity contribution < 1.29 is 33.6 Å². The molecule has 0 radical (unpaired) electrons. The molecule has 0 atom stereocenters. The van der Waals surface area contributed by atoms with Gasteiger partial charge in [0.2, 0.25) is 5.75 Å². The highest BCUT2D eigenvalue weighted by Gasteiger charge is 2.22. The van der Waals surface area contributed by atoms with Crippen molar-refractivity contribution in [1.82, 2.24) is 0 Å². The van der Waals surface area contributed by atoms with Crippen molar-refractivity contribution in [3.05, 3.63) is 35.9 Å². The number of ether oxygens (including phenoxy) is 5. The lowest BCUT2D eigenvalue weighted by molar-refractivity contribution is -0.122. The molecular formula is C20H25NO7. The van der Waals surface area contributed by atoms with Crippen molar-refractivity contribution in [1.29, 1.82) is 0 Å². The highest BCUT2D eigenvalue weighted by atomic mass is 16.5. The molecule has 0 aromatic heterocycles. The Bertz CT molecular complexity index is 797. The SMILES string of the molecule is COCC(=O)N(Cc1ccc(OC)c(O)c1)c1cc(OC)c(OC)c(OC)c1. The van der Waals surface area contributed by atoms with Gasteiger partial charge in [-0.1, -0.05) is 6.07 Å². The highest BCUT2D eigenvalue weighted by molar-refractivity contribution is 5.95. The van der Waals surface area contributed by atoms with Crippen molar-refractivity contribution in [2.24, 2.45) is 0 Å². The standard InChI is InChI=1S/C20H25NO7/c1-24-12-19(23)21(11-13-6-7-16(25-2)15(22)8-13)14-9-17(26-3)20(28-5)18(10-14)27-4/h6-10,22H,11-12H2,1-5H3. The maximum atomic E-state index is 12.7. The lowest BCUT2D eigenvalue weighted by Crippen LogP contribution is -2.33. The predicted molar refractivity (Wildman–Crippen MR) is 104 cm³/mol. The van der Waals surface area contributed by atoms with Crippen LogP contribution in [0.25, 0.3) is 0 Å². The van der Waals surface area contributed by atoms with Crippen molar-refractivity contribution in [3.8, 4) is 28.7 Å². The molecule has 8 heteroatoms. The summed E-state index contributed by atoms with van der Waals surface area (Å²) in [7, 11) is 7.44. The molecule has 0 heterocycles. The number of hydrogen-bond acceptors (Lipinski definition) is 7. The van der Waals surface area contributed by atoms with Crippen molar-refractivity contribution >= 4 is 11.6 Å². The van der Waals surface area contributed by atoms with Crippen LogP contribution in [-0.4, -0.2) is 53.2 Å². The smallest absolute Gasteiger partial charge is 0.253 e. The second-order valence-electron chi connectivity index (χ2n) is 5.80. The van der Waals surface area contributed by atoms with Crippen LogP contribution in [0.15, 0.2) is 30.3 Å². The summed E-state index contributed by atoms with van der Waals surface area (Å²) in [5, 5.41) is 10.0. The first-order valence-corrected chi connectivity index (χ1v) is 8.44. The zero-order valence-electron chi connectivity index (χ0n) is 16.6. The molecule has 0 saturated heterocycles. The second-order valence-corrected chi connectivity index (χ2v) is 5.80. The van der Waals surface area contributed by atoms with Gasteiger partial charge in [-0.15, -0.1) is 0 Å². The van der Waals surface area contributed by atoms with Crippen LogP contribution in [0.5, 0.6) is 28.7 Å². The fourth-order valence-electron chi connectivity index (χ4n) is 2.76. The first kappa shape index (κ1) is 21.2. The van der Waals surface area contributed by atoms with Crippen LogP contribution >= 0.6 is 0 Å². The van der Waals surface area contributed by atoms with Gasteiger partial charge in [0, 0.05) is 19.2 Å². The molecule has 2 aromatic carbocycles. The lowest BCUT2D eigenvalue weighted by Gasteiger charge is -2.25. The zero-order valence-corrected chi connectivity index (χ0v) is 16.6. The average molecular weight is 391 g/mol. The molecule has 0 aliphatic carbocycles. The largest absolute Gasteiger partial charge is 0.504 e. The lowest BCUT2D eigenvalue weighted by atomic mass is 10.1. The van der Waals surface area contributed by atoms with Crippen LogP contribution in [-0.2, 0) is 16.1 Å². The van der Waals surface area contributed by atoms with Gasteiger partial charge in [-0.25, -0.2) is 0 Å². The Balaban J connectivity index is 2.49. The Morgan fingerprint density at radius 3 is 1.96 bits per heavy atom. The predicted octanol–water partition coefficient (Wildman–Crippen LogP) is 2.61. The third-order valence-corrected chi connectivity index (χ3v) is 4.11. The number of nitrogens with zero attached hydrogens (tertiary/aromatic N) is 1. The van der Waals surface area contributed by atoms with E-state index in [2.05, 4.69) is 0 Å². The van der Waals surface area contributed by atoms with E-state index in [0.29, 0.717) is 34.2 Å². The van der Waals surface area contributed by atoms with Gasteiger partial charge in [0.05, 0.1) is 40.7 Å². The maximum Gasteiger partial charge on any atom is 0.253 e. The van der Waals surface area contributed by atoms with Crippen molar-refractivity contribution in [3.63, 3.8) is 0 Å². The van der Waals surface area contributed by atoms with Crippen LogP contribution < -0.4 is 23.8 Å². The van der Waals surface area contributed by atoms with Crippen LogP contribution in [0.4, 0.5) is 5.69 Å². The first-order chi connectivity index (χ1) is 13.5. The number of amides is 1. The monoisotopic (exact) mass is 391 g/mol. The number of phenolic OH excluding ortho intramolecular Hbond substituents is 1. The summed E-state index contributed by atoms with van der Waals surface area (Å²) in [6.45, 7) is 0.0805. The highest BCUT2D eigenvalue weighted by Crippen LogP contribution is 2.41. The summed E-state index contributed by atoms with van der Waals surface area (Å²) < 4.78 is 26.2. The number of phenols is 1. The molecule has 0 fully saturated rings. The molecule has 0 aliphatic rings. The summed E-state index contributed by atoms with van der Waals surface area (Å²) in [5.74, 6) is 1.34. The van der Waals surface area contributed by atoms with Crippen LogP contribution in [0.3, 0.4) is 0 Å². The molecule has 8 nitrogen and oxygen atoms in total. The van der Waals surface area contributed by atoms with Gasteiger partial charge in [0.1, 0.15) is 6.61 Å². The molecule has 0 saturated carbocycles. The van der Waals surface area contributed by atoms with Gasteiger partial charge in [0.25, 0.3) is 5.91 Å². The molecule has 0 aliphatic heterocycles. The van der Waals surface area contributed by atoms with Gasteiger partial charge in [-0.05, 0) is 17.7 Å². The Hall–Kier alpha value is -3.13. The van der Waals surface area contributed by atoms with Crippen molar-refractivity contribution in [2.45, 2.75) is 6.54 Å². The van der Waals surface area contributed by atoms with E-state index in [9.17, 15) is 9.90 Å². The van der Waals surface area contributed by atoms with Gasteiger partial charge in [-0.3, -0.25) is 4.79 Å². The van der Waals surface area contributed by atoms with E-state index in [1.165, 1.54) is 40.4 Å². The van der Waals surface area contributed by atoms with Gasteiger partial charge < -0.3 is 33.7 Å². The Labute approximate surface area is 164 Å². The van der Waals surface area contributed by atoms with E-state index in [-0.39, 0.29) is 24.8 Å². The van der Waals surface area contributed by atoms with Crippen molar-refractivity contribution in [2.75, 3.05) is 47.1 Å². The third kappa shape index (κ3) is 4.58. The van der Waals surface area contributed by atoms with Gasteiger partial charge >= 0.3 is 0 Å². The number of carbonyl (C=O) groups is 1. The molecule has 152 valence electrons. The van der Waals surface area contributed by atoms with E-state index in [4.69, 9.17) is 23.7 Å². The fraction of sp³-hybridized carbons (Fsp3) is 0.350. The zero-order chi connectivity index (χ0) is 20.7. The molecule has 0 unspecified atom stereocenters. The van der Waals surface area contributed by atoms with E-state index < -0.39 is 0 Å². The summed E-state index contributed by atoms with van der Waals surface area (Å²) in [5.41, 5.74) is 1.24. The minimum Gasteiger partial charge on any atom is -0.504 e. The summed E-state index contributed by atoms with van der Waals surface area (Å²) in [6, 6.07) is 8.31. The van der Waals surface area contributed by atoms with E-state index in [1.54, 1.807) is 30.3 Å². The van der Waals surface area contributed by atoms with E-state index in [0.717, 1.165) is 0 Å². The van der Waals surface area contributed by atoms with E-state index in [1.807, 2.05) is 0 Å². The topological polar surface area (TPSA) is 86.7 Å². The number of anilines is 1. The van der Waals surface area contributed by atoms with Crippen LogP contribution in [0, 0.1) is 0 Å².